The number of guanidine groups is 1. The molecule has 0 aromatic carbocycles. The van der Waals surface area contributed by atoms with E-state index >= 15 is 0 Å². The lowest BCUT2D eigenvalue weighted by molar-refractivity contribution is 0.207. The third-order valence-corrected chi connectivity index (χ3v) is 5.97. The number of ether oxygens (including phenoxy) is 1. The van der Waals surface area contributed by atoms with Crippen LogP contribution in [0.5, 0.6) is 0 Å². The largest absolute Gasteiger partial charge is 0.469 e. The van der Waals surface area contributed by atoms with E-state index in [-0.39, 0.29) is 24.0 Å². The summed E-state index contributed by atoms with van der Waals surface area (Å²) in [7, 11) is -1.64. The molecule has 0 radical (unpaired) electrons. The van der Waals surface area contributed by atoms with Crippen LogP contribution in [-0.2, 0) is 21.2 Å². The normalized spacial score (nSPS) is 18.0. The van der Waals surface area contributed by atoms with E-state index in [1.54, 1.807) is 20.3 Å². The van der Waals surface area contributed by atoms with Gasteiger partial charge in [-0.05, 0) is 18.6 Å². The van der Waals surface area contributed by atoms with Crippen molar-refractivity contribution >= 4 is 40.0 Å². The van der Waals surface area contributed by atoms with Crippen LogP contribution in [0, 0.1) is 0 Å². The Morgan fingerprint density at radius 2 is 2.31 bits per heavy atom. The fraction of sp³-hybridized carbons (Fsp3) is 0.688. The minimum atomic E-state index is -3.27. The molecule has 2 N–H and O–H groups in total. The van der Waals surface area contributed by atoms with Gasteiger partial charge < -0.3 is 19.4 Å². The lowest BCUT2D eigenvalue weighted by Crippen LogP contribution is -2.43. The van der Waals surface area contributed by atoms with E-state index in [0.29, 0.717) is 45.8 Å². The van der Waals surface area contributed by atoms with Crippen molar-refractivity contribution in [2.45, 2.75) is 25.0 Å². The average Bonchev–Trinajstić information content (AvgIpc) is 3.25. The first-order chi connectivity index (χ1) is 12.1. The smallest absolute Gasteiger partial charge is 0.216 e. The molecule has 26 heavy (non-hydrogen) atoms. The molecule has 2 rings (SSSR count). The first-order valence-corrected chi connectivity index (χ1v) is 10.1. The molecule has 1 aromatic heterocycles. The molecule has 0 aliphatic carbocycles. The second kappa shape index (κ2) is 11.8. The fourth-order valence-corrected chi connectivity index (χ4v) is 4.19. The molecule has 8 nitrogen and oxygen atoms in total. The molecule has 0 bridgehead atoms. The number of nitrogens with one attached hydrogen (secondary N) is 2. The molecule has 0 amide bonds. The van der Waals surface area contributed by atoms with Crippen LogP contribution in [0.25, 0.3) is 0 Å². The number of likely N-dealkylation sites (tertiary alicyclic amines) is 1. The third kappa shape index (κ3) is 7.05. The first kappa shape index (κ1) is 23.2. The molecule has 2 heterocycles. The zero-order valence-electron chi connectivity index (χ0n) is 15.3. The van der Waals surface area contributed by atoms with Gasteiger partial charge in [0.25, 0.3) is 0 Å². The summed E-state index contributed by atoms with van der Waals surface area (Å²) in [5, 5.41) is 2.90. The van der Waals surface area contributed by atoms with Gasteiger partial charge in [0.2, 0.25) is 10.0 Å². The Kier molecular flexibility index (Phi) is 10.5. The van der Waals surface area contributed by atoms with E-state index in [0.717, 1.165) is 18.1 Å². The van der Waals surface area contributed by atoms with Gasteiger partial charge in [-0.3, -0.25) is 4.99 Å². The van der Waals surface area contributed by atoms with Crippen LogP contribution >= 0.6 is 24.0 Å². The van der Waals surface area contributed by atoms with E-state index in [1.807, 2.05) is 17.0 Å². The zero-order valence-corrected chi connectivity index (χ0v) is 18.5. The van der Waals surface area contributed by atoms with Crippen molar-refractivity contribution in [1.29, 1.82) is 0 Å². The van der Waals surface area contributed by atoms with Crippen molar-refractivity contribution in [3.05, 3.63) is 24.2 Å². The van der Waals surface area contributed by atoms with Gasteiger partial charge in [0.15, 0.2) is 5.96 Å². The number of sulfonamides is 1. The van der Waals surface area contributed by atoms with Gasteiger partial charge in [-0.15, -0.1) is 24.0 Å². The van der Waals surface area contributed by atoms with Gasteiger partial charge in [0, 0.05) is 39.7 Å². The van der Waals surface area contributed by atoms with Crippen LogP contribution in [0.1, 0.15) is 19.1 Å². The maximum Gasteiger partial charge on any atom is 0.216 e. The number of halogens is 1. The maximum atomic E-state index is 12.2. The molecule has 0 spiro atoms. The maximum absolute atomic E-state index is 12.2. The third-order valence-electron chi connectivity index (χ3n) is 4.02. The topological polar surface area (TPSA) is 96.2 Å². The Hall–Kier alpha value is -0.850. The lowest BCUT2D eigenvalue weighted by Gasteiger charge is -2.22. The summed E-state index contributed by atoms with van der Waals surface area (Å²) >= 11 is 0. The standard InChI is InChI=1S/C16H28N4O4S.HI/c1-3-19-25(21,22)15-7-10-20(13-15)16(18-9-12-23-2)17-8-6-14-5-4-11-24-14;/h4-5,11,15,19H,3,6-10,12-13H2,1-2H3,(H,17,18);1H. The van der Waals surface area contributed by atoms with Gasteiger partial charge in [0.1, 0.15) is 5.76 Å². The quantitative estimate of drug-likeness (QED) is 0.228. The summed E-state index contributed by atoms with van der Waals surface area (Å²) in [6.45, 7) is 5.02. The van der Waals surface area contributed by atoms with Crippen molar-refractivity contribution in [2.24, 2.45) is 4.99 Å². The molecule has 0 saturated carbocycles. The molecule has 1 aromatic rings. The molecule has 10 heteroatoms. The molecule has 1 aliphatic rings. The van der Waals surface area contributed by atoms with Crippen LogP contribution < -0.4 is 10.0 Å². The van der Waals surface area contributed by atoms with E-state index in [1.165, 1.54) is 0 Å². The van der Waals surface area contributed by atoms with Gasteiger partial charge >= 0.3 is 0 Å². The number of hydrogen-bond donors (Lipinski definition) is 2. The van der Waals surface area contributed by atoms with E-state index in [2.05, 4.69) is 15.0 Å². The molecule has 1 aliphatic heterocycles. The Morgan fingerprint density at radius 1 is 1.50 bits per heavy atom. The molecule has 1 fully saturated rings. The number of hydrogen-bond acceptors (Lipinski definition) is 5. The monoisotopic (exact) mass is 500 g/mol. The predicted octanol–water partition coefficient (Wildman–Crippen LogP) is 1.05. The Morgan fingerprint density at radius 3 is 2.96 bits per heavy atom. The summed E-state index contributed by atoms with van der Waals surface area (Å²) in [5.41, 5.74) is 0. The average molecular weight is 500 g/mol. The number of nitrogens with zero attached hydrogens (tertiary/aromatic N) is 2. The number of methoxy groups -OCH3 is 1. The Labute approximate surface area is 172 Å². The minimum absolute atomic E-state index is 0. The Bertz CT molecular complexity index is 637. The van der Waals surface area contributed by atoms with E-state index in [4.69, 9.17) is 9.15 Å². The van der Waals surface area contributed by atoms with Crippen molar-refractivity contribution in [3.8, 4) is 0 Å². The summed E-state index contributed by atoms with van der Waals surface area (Å²) in [6.07, 6.45) is 2.99. The second-order valence-electron chi connectivity index (χ2n) is 5.85. The van der Waals surface area contributed by atoms with Crippen molar-refractivity contribution in [3.63, 3.8) is 0 Å². The highest BCUT2D eigenvalue weighted by Gasteiger charge is 2.33. The van der Waals surface area contributed by atoms with E-state index < -0.39 is 15.3 Å². The van der Waals surface area contributed by atoms with Gasteiger partial charge in [0.05, 0.1) is 24.7 Å². The first-order valence-electron chi connectivity index (χ1n) is 8.60. The van der Waals surface area contributed by atoms with Gasteiger partial charge in [-0.25, -0.2) is 13.1 Å². The van der Waals surface area contributed by atoms with Crippen LogP contribution in [0.4, 0.5) is 0 Å². The van der Waals surface area contributed by atoms with Crippen LogP contribution in [0.2, 0.25) is 0 Å². The predicted molar refractivity (Wildman–Crippen MR) is 113 cm³/mol. The highest BCUT2D eigenvalue weighted by atomic mass is 127. The fourth-order valence-electron chi connectivity index (χ4n) is 2.76. The zero-order chi connectivity index (χ0) is 18.1. The van der Waals surface area contributed by atoms with Crippen molar-refractivity contribution in [1.82, 2.24) is 14.9 Å². The highest BCUT2D eigenvalue weighted by Crippen LogP contribution is 2.16. The van der Waals surface area contributed by atoms with Gasteiger partial charge in [-0.2, -0.15) is 0 Å². The molecular formula is C16H29IN4O4S. The molecular weight excluding hydrogens is 471 g/mol. The number of rotatable bonds is 9. The molecule has 150 valence electrons. The van der Waals surface area contributed by atoms with Crippen LogP contribution in [0.15, 0.2) is 27.8 Å². The second-order valence-corrected chi connectivity index (χ2v) is 7.90. The SMILES string of the molecule is CCNS(=O)(=O)C1CCN(C(=NCCOC)NCCc2ccco2)C1.I. The summed E-state index contributed by atoms with van der Waals surface area (Å²) in [5.74, 6) is 1.62. The van der Waals surface area contributed by atoms with Crippen LogP contribution in [0.3, 0.4) is 0 Å². The van der Waals surface area contributed by atoms with E-state index in [9.17, 15) is 8.42 Å². The number of furan rings is 1. The minimum Gasteiger partial charge on any atom is -0.469 e. The van der Waals surface area contributed by atoms with Crippen LogP contribution in [-0.4, -0.2) is 71.0 Å². The molecule has 1 atom stereocenters. The molecule has 1 unspecified atom stereocenters. The Balaban J connectivity index is 0.00000338. The summed E-state index contributed by atoms with van der Waals surface area (Å²) in [6, 6.07) is 3.79. The highest BCUT2D eigenvalue weighted by molar-refractivity contribution is 14.0. The lowest BCUT2D eigenvalue weighted by atomic mass is 10.3. The summed E-state index contributed by atoms with van der Waals surface area (Å²) in [4.78, 5) is 6.53. The van der Waals surface area contributed by atoms with Crippen molar-refractivity contribution < 1.29 is 17.6 Å². The summed E-state index contributed by atoms with van der Waals surface area (Å²) < 4.78 is 37.4. The van der Waals surface area contributed by atoms with Crippen molar-refractivity contribution in [2.75, 3.05) is 46.4 Å². The van der Waals surface area contributed by atoms with Gasteiger partial charge in [-0.1, -0.05) is 6.92 Å². The number of aliphatic imine (C=N–C) groups is 1. The molecule has 1 saturated heterocycles.